The number of para-hydroxylation sites is 2. The fourth-order valence-corrected chi connectivity index (χ4v) is 2.06. The average Bonchev–Trinajstić information content (AvgIpc) is 2.62. The molecule has 0 spiro atoms. The van der Waals surface area contributed by atoms with Crippen LogP contribution in [0.1, 0.15) is 0 Å². The van der Waals surface area contributed by atoms with Gasteiger partial charge in [0, 0.05) is 0 Å². The molecule has 0 radical (unpaired) electrons. The van der Waals surface area contributed by atoms with Gasteiger partial charge in [-0.3, -0.25) is 0 Å². The first-order chi connectivity index (χ1) is 11.8. The largest absolute Gasteiger partial charge is 0.489 e. The SMILES string of the molecule is C=C(OC)ON1CCOCCOCCOCCOc2ccccc21. The van der Waals surface area contributed by atoms with Gasteiger partial charge in [-0.25, -0.2) is 5.06 Å². The second-order valence-electron chi connectivity index (χ2n) is 4.92. The lowest BCUT2D eigenvalue weighted by Crippen LogP contribution is -2.28. The van der Waals surface area contributed by atoms with Crippen molar-refractivity contribution < 1.29 is 28.5 Å². The van der Waals surface area contributed by atoms with Gasteiger partial charge >= 0.3 is 0 Å². The van der Waals surface area contributed by atoms with Gasteiger partial charge in [0.25, 0.3) is 5.95 Å². The third kappa shape index (κ3) is 6.27. The van der Waals surface area contributed by atoms with Gasteiger partial charge in [-0.15, -0.1) is 0 Å². The van der Waals surface area contributed by atoms with E-state index >= 15 is 0 Å². The van der Waals surface area contributed by atoms with E-state index in [1.54, 1.807) is 5.06 Å². The number of anilines is 1. The Labute approximate surface area is 142 Å². The topological polar surface area (TPSA) is 58.6 Å². The maximum atomic E-state index is 5.81. The number of nitrogens with zero attached hydrogens (tertiary/aromatic N) is 1. The molecule has 7 nitrogen and oxygen atoms in total. The maximum absolute atomic E-state index is 5.81. The number of hydrogen-bond donors (Lipinski definition) is 0. The third-order valence-corrected chi connectivity index (χ3v) is 3.24. The van der Waals surface area contributed by atoms with Gasteiger partial charge in [0.1, 0.15) is 18.0 Å². The Morgan fingerprint density at radius 1 is 0.958 bits per heavy atom. The lowest BCUT2D eigenvalue weighted by atomic mass is 10.3. The van der Waals surface area contributed by atoms with E-state index in [0.29, 0.717) is 58.5 Å². The van der Waals surface area contributed by atoms with Crippen LogP contribution in [-0.2, 0) is 23.8 Å². The van der Waals surface area contributed by atoms with E-state index in [1.165, 1.54) is 7.11 Å². The second kappa shape index (κ2) is 10.7. The van der Waals surface area contributed by atoms with Gasteiger partial charge in [0.05, 0.1) is 53.3 Å². The molecule has 0 aliphatic carbocycles. The Bertz CT molecular complexity index is 496. The van der Waals surface area contributed by atoms with Gasteiger partial charge in [-0.2, -0.15) is 0 Å². The van der Waals surface area contributed by atoms with Gasteiger partial charge in [0.2, 0.25) is 0 Å². The minimum absolute atomic E-state index is 0.189. The molecule has 1 heterocycles. The molecule has 1 aromatic carbocycles. The quantitative estimate of drug-likeness (QED) is 0.781. The highest BCUT2D eigenvalue weighted by Gasteiger charge is 2.15. The molecular weight excluding hydrogens is 314 g/mol. The fourth-order valence-electron chi connectivity index (χ4n) is 2.06. The minimum Gasteiger partial charge on any atom is -0.489 e. The number of rotatable bonds is 3. The normalized spacial score (nSPS) is 17.6. The summed E-state index contributed by atoms with van der Waals surface area (Å²) >= 11 is 0. The highest BCUT2D eigenvalue weighted by molar-refractivity contribution is 5.56. The van der Waals surface area contributed by atoms with Crippen LogP contribution < -0.4 is 9.80 Å². The molecule has 1 aromatic rings. The summed E-state index contributed by atoms with van der Waals surface area (Å²) in [6.45, 7) is 7.69. The molecule has 7 heteroatoms. The summed E-state index contributed by atoms with van der Waals surface area (Å²) in [6.07, 6.45) is 0. The van der Waals surface area contributed by atoms with Crippen molar-refractivity contribution in [1.29, 1.82) is 0 Å². The molecule has 0 saturated heterocycles. The zero-order chi connectivity index (χ0) is 17.0. The van der Waals surface area contributed by atoms with Gasteiger partial charge < -0.3 is 28.5 Å². The number of hydroxylamine groups is 1. The van der Waals surface area contributed by atoms with E-state index < -0.39 is 0 Å². The molecule has 1 aliphatic heterocycles. The van der Waals surface area contributed by atoms with Crippen LogP contribution in [0.15, 0.2) is 36.8 Å². The molecule has 0 atom stereocenters. The number of methoxy groups -OCH3 is 1. The zero-order valence-electron chi connectivity index (χ0n) is 14.1. The van der Waals surface area contributed by atoms with Crippen molar-refractivity contribution in [2.24, 2.45) is 0 Å². The van der Waals surface area contributed by atoms with E-state index in [2.05, 4.69) is 6.58 Å². The second-order valence-corrected chi connectivity index (χ2v) is 4.92. The molecule has 0 N–H and O–H groups in total. The molecule has 2 rings (SSSR count). The molecule has 0 amide bonds. The van der Waals surface area contributed by atoms with Crippen LogP contribution in [0.3, 0.4) is 0 Å². The number of benzene rings is 1. The van der Waals surface area contributed by atoms with Crippen molar-refractivity contribution in [2.45, 2.75) is 0 Å². The number of ether oxygens (including phenoxy) is 5. The summed E-state index contributed by atoms with van der Waals surface area (Å²) in [5, 5.41) is 1.64. The van der Waals surface area contributed by atoms with Crippen molar-refractivity contribution in [3.8, 4) is 5.75 Å². The Morgan fingerprint density at radius 3 is 2.29 bits per heavy atom. The van der Waals surface area contributed by atoms with Crippen molar-refractivity contribution >= 4 is 5.69 Å². The summed E-state index contributed by atoms with van der Waals surface area (Å²) in [7, 11) is 1.50. The lowest BCUT2D eigenvalue weighted by Gasteiger charge is -2.26. The van der Waals surface area contributed by atoms with E-state index in [9.17, 15) is 0 Å². The van der Waals surface area contributed by atoms with Crippen molar-refractivity contribution in [2.75, 3.05) is 65.0 Å². The molecule has 0 saturated carbocycles. The third-order valence-electron chi connectivity index (χ3n) is 3.24. The van der Waals surface area contributed by atoms with E-state index in [1.807, 2.05) is 24.3 Å². The zero-order valence-corrected chi connectivity index (χ0v) is 14.1. The molecular formula is C17H25NO6. The van der Waals surface area contributed by atoms with Crippen LogP contribution in [0.2, 0.25) is 0 Å². The van der Waals surface area contributed by atoms with E-state index in [-0.39, 0.29) is 5.95 Å². The van der Waals surface area contributed by atoms with Crippen LogP contribution in [0.4, 0.5) is 5.69 Å². The van der Waals surface area contributed by atoms with Gasteiger partial charge in [0.15, 0.2) is 0 Å². The smallest absolute Gasteiger partial charge is 0.299 e. The first kappa shape index (κ1) is 18.4. The fraction of sp³-hybridized carbons (Fsp3) is 0.529. The summed E-state index contributed by atoms with van der Waals surface area (Å²) in [4.78, 5) is 5.65. The van der Waals surface area contributed by atoms with Crippen LogP contribution in [0.25, 0.3) is 0 Å². The van der Waals surface area contributed by atoms with Gasteiger partial charge in [-0.05, 0) is 18.7 Å². The predicted octanol–water partition coefficient (Wildman–Crippen LogP) is 1.98. The van der Waals surface area contributed by atoms with Crippen LogP contribution in [-0.4, -0.2) is 59.9 Å². The molecule has 0 aromatic heterocycles. The Hall–Kier alpha value is -1.96. The first-order valence-corrected chi connectivity index (χ1v) is 7.94. The Kier molecular flexibility index (Phi) is 8.23. The molecule has 0 bridgehead atoms. The highest BCUT2D eigenvalue weighted by atomic mass is 16.8. The summed E-state index contributed by atoms with van der Waals surface area (Å²) in [5.74, 6) is 0.880. The molecule has 1 aliphatic rings. The van der Waals surface area contributed by atoms with Crippen molar-refractivity contribution in [3.63, 3.8) is 0 Å². The summed E-state index contributed by atoms with van der Waals surface area (Å²) in [5.41, 5.74) is 0.769. The number of hydrogen-bond acceptors (Lipinski definition) is 7. The van der Waals surface area contributed by atoms with E-state index in [4.69, 9.17) is 28.5 Å². The molecule has 134 valence electrons. The molecule has 24 heavy (non-hydrogen) atoms. The van der Waals surface area contributed by atoms with Crippen LogP contribution in [0.5, 0.6) is 5.75 Å². The molecule has 0 unspecified atom stereocenters. The monoisotopic (exact) mass is 339 g/mol. The molecule has 0 fully saturated rings. The summed E-state index contributed by atoms with van der Waals surface area (Å²) < 4.78 is 27.3. The number of fused-ring (bicyclic) bond motifs is 1. The van der Waals surface area contributed by atoms with Crippen LogP contribution >= 0.6 is 0 Å². The standard InChI is InChI=1S/C17H25NO6/c1-15(19-2)24-18-7-8-20-9-10-21-11-12-22-13-14-23-17-6-4-3-5-16(17)18/h3-6H,1,7-14H2,2H3. The average molecular weight is 339 g/mol. The van der Waals surface area contributed by atoms with Crippen LogP contribution in [0, 0.1) is 0 Å². The van der Waals surface area contributed by atoms with Crippen molar-refractivity contribution in [1.82, 2.24) is 0 Å². The lowest BCUT2D eigenvalue weighted by molar-refractivity contribution is 0.00542. The summed E-state index contributed by atoms with van der Waals surface area (Å²) in [6, 6.07) is 7.60. The first-order valence-electron chi connectivity index (χ1n) is 7.94. The van der Waals surface area contributed by atoms with Crippen molar-refractivity contribution in [3.05, 3.63) is 36.8 Å². The van der Waals surface area contributed by atoms with Gasteiger partial charge in [-0.1, -0.05) is 12.1 Å². The minimum atomic E-state index is 0.189. The highest BCUT2D eigenvalue weighted by Crippen LogP contribution is 2.29. The van der Waals surface area contributed by atoms with E-state index in [0.717, 1.165) is 5.69 Å². The predicted molar refractivity (Wildman–Crippen MR) is 89.0 cm³/mol. The maximum Gasteiger partial charge on any atom is 0.299 e. The Morgan fingerprint density at radius 2 is 1.58 bits per heavy atom. The Balaban J connectivity index is 2.10.